The number of esters is 1. The molecule has 0 amide bonds. The van der Waals surface area contributed by atoms with E-state index < -0.39 is 40.6 Å². The van der Waals surface area contributed by atoms with Crippen LogP contribution < -0.4 is 0 Å². The Morgan fingerprint density at radius 3 is 2.50 bits per heavy atom. The lowest BCUT2D eigenvalue weighted by atomic mass is 9.47. The molecule has 28 heavy (non-hydrogen) atoms. The Labute approximate surface area is 165 Å². The Bertz CT molecular complexity index is 830. The van der Waals surface area contributed by atoms with Crippen LogP contribution in [0.3, 0.4) is 0 Å². The summed E-state index contributed by atoms with van der Waals surface area (Å²) in [6.45, 7) is 10.6. The van der Waals surface area contributed by atoms with Gasteiger partial charge in [0.05, 0.1) is 6.10 Å². The molecular formula is C22H28O6. The Kier molecular flexibility index (Phi) is 4.90. The predicted molar refractivity (Wildman–Crippen MR) is 102 cm³/mol. The molecule has 6 heteroatoms. The lowest BCUT2D eigenvalue weighted by Crippen LogP contribution is -2.59. The first kappa shape index (κ1) is 20.5. The summed E-state index contributed by atoms with van der Waals surface area (Å²) in [6.07, 6.45) is 1.38. The topological polar surface area (TPSA) is 101 Å². The van der Waals surface area contributed by atoms with Gasteiger partial charge in [0, 0.05) is 41.4 Å². The molecule has 2 N–H and O–H groups in total. The first-order valence-electron chi connectivity index (χ1n) is 9.68. The Balaban J connectivity index is 2.26. The van der Waals surface area contributed by atoms with E-state index in [0.717, 1.165) is 0 Å². The number of hydrogen-bond donors (Lipinski definition) is 2. The third-order valence-electron chi connectivity index (χ3n) is 6.88. The quantitative estimate of drug-likeness (QED) is 0.334. The summed E-state index contributed by atoms with van der Waals surface area (Å²) in [5.74, 6) is -2.32. The molecule has 0 heterocycles. The second-order valence-electron chi connectivity index (χ2n) is 8.95. The van der Waals surface area contributed by atoms with Crippen molar-refractivity contribution in [1.82, 2.24) is 0 Å². The van der Waals surface area contributed by atoms with Crippen molar-refractivity contribution in [3.63, 3.8) is 0 Å². The van der Waals surface area contributed by atoms with Crippen molar-refractivity contribution in [2.24, 2.45) is 16.7 Å². The summed E-state index contributed by atoms with van der Waals surface area (Å²) < 4.78 is 5.63. The van der Waals surface area contributed by atoms with Crippen molar-refractivity contribution in [1.29, 1.82) is 0 Å². The highest BCUT2D eigenvalue weighted by Gasteiger charge is 2.61. The normalized spacial score (nSPS) is 34.7. The van der Waals surface area contributed by atoms with Gasteiger partial charge in [-0.1, -0.05) is 26.8 Å². The number of aliphatic hydroxyl groups is 2. The van der Waals surface area contributed by atoms with Crippen LogP contribution in [0.15, 0.2) is 35.1 Å². The zero-order chi connectivity index (χ0) is 21.0. The lowest BCUT2D eigenvalue weighted by molar-refractivity contribution is -0.173. The fourth-order valence-electron chi connectivity index (χ4n) is 5.74. The predicted octanol–water partition coefficient (Wildman–Crippen LogP) is 2.96. The average Bonchev–Trinajstić information content (AvgIpc) is 2.59. The second kappa shape index (κ2) is 6.69. The Hall–Kier alpha value is -2.21. The molecule has 0 bridgehead atoms. The molecule has 0 radical (unpaired) electrons. The molecule has 0 aromatic carbocycles. The smallest absolute Gasteiger partial charge is 0.302 e. The van der Waals surface area contributed by atoms with Gasteiger partial charge in [0.25, 0.3) is 0 Å². The number of allylic oxidation sites excluding steroid dienone is 4. The van der Waals surface area contributed by atoms with Crippen molar-refractivity contribution >= 4 is 17.5 Å². The maximum atomic E-state index is 13.1. The molecule has 3 aliphatic carbocycles. The molecule has 4 atom stereocenters. The summed E-state index contributed by atoms with van der Waals surface area (Å²) in [7, 11) is 0. The van der Waals surface area contributed by atoms with E-state index in [0.29, 0.717) is 24.0 Å². The van der Waals surface area contributed by atoms with Crippen LogP contribution in [0.1, 0.15) is 53.4 Å². The van der Waals surface area contributed by atoms with E-state index in [4.69, 9.17) is 4.74 Å². The van der Waals surface area contributed by atoms with Crippen LogP contribution in [-0.4, -0.2) is 40.0 Å². The molecule has 0 saturated heterocycles. The number of ether oxygens (including phenoxy) is 1. The number of fused-ring (bicyclic) bond motifs is 2. The van der Waals surface area contributed by atoms with Gasteiger partial charge in [-0.2, -0.15) is 0 Å². The molecule has 1 saturated carbocycles. The van der Waals surface area contributed by atoms with Crippen molar-refractivity contribution in [2.75, 3.05) is 0 Å². The summed E-state index contributed by atoms with van der Waals surface area (Å²) in [4.78, 5) is 37.6. The molecule has 152 valence electrons. The minimum Gasteiger partial charge on any atom is -0.507 e. The van der Waals surface area contributed by atoms with Crippen molar-refractivity contribution in [2.45, 2.75) is 65.6 Å². The van der Waals surface area contributed by atoms with Gasteiger partial charge in [-0.3, -0.25) is 14.4 Å². The van der Waals surface area contributed by atoms with Crippen molar-refractivity contribution in [3.8, 4) is 0 Å². The van der Waals surface area contributed by atoms with Gasteiger partial charge < -0.3 is 14.9 Å². The summed E-state index contributed by atoms with van der Waals surface area (Å²) in [5, 5.41) is 21.5. The SMILES string of the molecule is C=CCC1=C(O)C2=C(C(=O)C1=O)[C@@]1(C)CC[C@H](O)C(C)(C)[C@H]1[C@H](OC(C)=O)C2. The monoisotopic (exact) mass is 388 g/mol. The number of aliphatic hydroxyl groups excluding tert-OH is 2. The zero-order valence-corrected chi connectivity index (χ0v) is 16.9. The number of carbonyl (C=O) groups is 3. The second-order valence-corrected chi connectivity index (χ2v) is 8.95. The molecule has 0 aromatic rings. The summed E-state index contributed by atoms with van der Waals surface area (Å²) in [5.41, 5.74) is -0.695. The van der Waals surface area contributed by atoms with E-state index in [9.17, 15) is 24.6 Å². The summed E-state index contributed by atoms with van der Waals surface area (Å²) in [6, 6.07) is 0. The first-order valence-corrected chi connectivity index (χ1v) is 9.68. The van der Waals surface area contributed by atoms with Gasteiger partial charge in [0.15, 0.2) is 0 Å². The van der Waals surface area contributed by atoms with Gasteiger partial charge in [-0.15, -0.1) is 6.58 Å². The van der Waals surface area contributed by atoms with E-state index in [-0.39, 0.29) is 30.1 Å². The largest absolute Gasteiger partial charge is 0.507 e. The van der Waals surface area contributed by atoms with Crippen LogP contribution in [-0.2, 0) is 19.1 Å². The highest BCUT2D eigenvalue weighted by Crippen LogP contribution is 2.61. The van der Waals surface area contributed by atoms with Crippen LogP contribution >= 0.6 is 0 Å². The maximum absolute atomic E-state index is 13.1. The van der Waals surface area contributed by atoms with E-state index >= 15 is 0 Å². The standard InChI is InChI=1S/C22H28O6/c1-6-7-12-17(25)13-10-14(28-11(2)23)20-21(3,4)15(24)8-9-22(20,5)16(13)19(27)18(12)26/h6,14-15,20,24-25H,1,7-10H2,2-5H3/t14-,15+,20-,22-/m1/s1. The van der Waals surface area contributed by atoms with Gasteiger partial charge in [0.1, 0.15) is 11.9 Å². The van der Waals surface area contributed by atoms with E-state index in [1.165, 1.54) is 13.0 Å². The molecule has 0 aromatic heterocycles. The van der Waals surface area contributed by atoms with Crippen molar-refractivity contribution < 1.29 is 29.3 Å². The van der Waals surface area contributed by atoms with Crippen LogP contribution in [0.4, 0.5) is 0 Å². The average molecular weight is 388 g/mol. The molecule has 3 rings (SSSR count). The zero-order valence-electron chi connectivity index (χ0n) is 16.9. The minimum absolute atomic E-state index is 0.0393. The maximum Gasteiger partial charge on any atom is 0.302 e. The fraction of sp³-hybridized carbons (Fsp3) is 0.591. The van der Waals surface area contributed by atoms with E-state index in [2.05, 4.69) is 6.58 Å². The van der Waals surface area contributed by atoms with Crippen LogP contribution in [0.5, 0.6) is 0 Å². The minimum atomic E-state index is -0.795. The molecule has 0 spiro atoms. The van der Waals surface area contributed by atoms with Crippen molar-refractivity contribution in [3.05, 3.63) is 35.1 Å². The van der Waals surface area contributed by atoms with E-state index in [1.54, 1.807) is 0 Å². The summed E-state index contributed by atoms with van der Waals surface area (Å²) >= 11 is 0. The van der Waals surface area contributed by atoms with E-state index in [1.807, 2.05) is 20.8 Å². The van der Waals surface area contributed by atoms with Gasteiger partial charge in [0.2, 0.25) is 11.6 Å². The molecule has 3 aliphatic rings. The Morgan fingerprint density at radius 2 is 1.93 bits per heavy atom. The van der Waals surface area contributed by atoms with Gasteiger partial charge in [-0.25, -0.2) is 0 Å². The van der Waals surface area contributed by atoms with Gasteiger partial charge in [-0.05, 0) is 24.7 Å². The molecule has 6 nitrogen and oxygen atoms in total. The third-order valence-corrected chi connectivity index (χ3v) is 6.88. The molecule has 0 aliphatic heterocycles. The highest BCUT2D eigenvalue weighted by molar-refractivity contribution is 6.50. The number of carbonyl (C=O) groups excluding carboxylic acids is 3. The van der Waals surface area contributed by atoms with Crippen LogP contribution in [0.2, 0.25) is 0 Å². The van der Waals surface area contributed by atoms with Crippen LogP contribution in [0, 0.1) is 16.7 Å². The van der Waals surface area contributed by atoms with Crippen LogP contribution in [0.25, 0.3) is 0 Å². The number of hydrogen-bond acceptors (Lipinski definition) is 6. The number of rotatable bonds is 3. The lowest BCUT2D eigenvalue weighted by Gasteiger charge is -2.58. The molecule has 0 unspecified atom stereocenters. The molecule has 1 fully saturated rings. The van der Waals surface area contributed by atoms with Gasteiger partial charge >= 0.3 is 5.97 Å². The highest BCUT2D eigenvalue weighted by atomic mass is 16.5. The number of ketones is 2. The first-order chi connectivity index (χ1) is 13.0. The number of Topliss-reactive ketones (excluding diaryl/α,β-unsaturated/α-hetero) is 2. The third kappa shape index (κ3) is 2.77. The Morgan fingerprint density at radius 1 is 1.29 bits per heavy atom. The molecular weight excluding hydrogens is 360 g/mol. The fourth-order valence-corrected chi connectivity index (χ4v) is 5.74.